The molecule has 2 N–H and O–H groups in total. The normalized spacial score (nSPS) is 11.9. The maximum absolute atomic E-state index is 11.5. The van der Waals surface area contributed by atoms with Crippen LogP contribution in [-0.2, 0) is 9.53 Å². The third-order valence-electron chi connectivity index (χ3n) is 2.65. The minimum absolute atomic E-state index is 0.318. The van der Waals surface area contributed by atoms with Crippen molar-refractivity contribution in [2.75, 3.05) is 40.0 Å². The fraction of sp³-hybridized carbons (Fsp3) is 0.909. The molecule has 0 unspecified atom stereocenters. The summed E-state index contributed by atoms with van der Waals surface area (Å²) in [6, 6.07) is 0. The first-order chi connectivity index (χ1) is 7.50. The van der Waals surface area contributed by atoms with Crippen molar-refractivity contribution in [1.29, 1.82) is 0 Å². The van der Waals surface area contributed by atoms with Crippen LogP contribution in [0.5, 0.6) is 0 Å². The topological polar surface area (TPSA) is 70.0 Å². The van der Waals surface area contributed by atoms with Gasteiger partial charge in [0.1, 0.15) is 5.41 Å². The zero-order valence-corrected chi connectivity index (χ0v) is 10.4. The molecular formula is C11H23NO4. The highest BCUT2D eigenvalue weighted by atomic mass is 16.5. The Morgan fingerprint density at radius 3 is 2.38 bits per heavy atom. The van der Waals surface area contributed by atoms with Crippen LogP contribution in [0.2, 0.25) is 0 Å². The van der Waals surface area contributed by atoms with Crippen molar-refractivity contribution in [2.24, 2.45) is 5.41 Å². The first kappa shape index (κ1) is 15.3. The van der Waals surface area contributed by atoms with Crippen LogP contribution in [0.15, 0.2) is 0 Å². The standard InChI is InChI=1S/C11H23NO4/c1-4-12(3)6-5-7-16-10(15)11(2,8-13)9-14/h13-14H,4-9H2,1-3H3. The molecule has 0 aliphatic heterocycles. The van der Waals surface area contributed by atoms with Crippen LogP contribution in [0.25, 0.3) is 0 Å². The summed E-state index contributed by atoms with van der Waals surface area (Å²) in [5.74, 6) is -0.545. The van der Waals surface area contributed by atoms with Gasteiger partial charge in [0, 0.05) is 6.54 Å². The number of nitrogens with zero attached hydrogens (tertiary/aromatic N) is 1. The van der Waals surface area contributed by atoms with Crippen molar-refractivity contribution in [3.8, 4) is 0 Å². The van der Waals surface area contributed by atoms with Gasteiger partial charge in [0.05, 0.1) is 19.8 Å². The second-order valence-corrected chi connectivity index (χ2v) is 4.26. The number of aliphatic hydroxyl groups excluding tert-OH is 2. The number of hydrogen-bond donors (Lipinski definition) is 2. The highest BCUT2D eigenvalue weighted by Crippen LogP contribution is 2.16. The highest BCUT2D eigenvalue weighted by molar-refractivity contribution is 5.76. The van der Waals surface area contributed by atoms with Crippen LogP contribution in [0.1, 0.15) is 20.3 Å². The van der Waals surface area contributed by atoms with E-state index in [1.54, 1.807) is 0 Å². The number of esters is 1. The molecule has 0 heterocycles. The van der Waals surface area contributed by atoms with Crippen molar-refractivity contribution >= 4 is 5.97 Å². The predicted octanol–water partition coefficient (Wildman–Crippen LogP) is -0.138. The van der Waals surface area contributed by atoms with Crippen LogP contribution in [0.4, 0.5) is 0 Å². The molecule has 0 amide bonds. The van der Waals surface area contributed by atoms with E-state index in [1.807, 2.05) is 7.05 Å². The number of carbonyl (C=O) groups excluding carboxylic acids is 1. The molecule has 0 saturated heterocycles. The smallest absolute Gasteiger partial charge is 0.316 e. The minimum Gasteiger partial charge on any atom is -0.465 e. The van der Waals surface area contributed by atoms with E-state index in [-0.39, 0.29) is 0 Å². The Morgan fingerprint density at radius 2 is 1.94 bits per heavy atom. The lowest BCUT2D eigenvalue weighted by Crippen LogP contribution is -2.37. The third-order valence-corrected chi connectivity index (χ3v) is 2.65. The molecular weight excluding hydrogens is 210 g/mol. The number of ether oxygens (including phenoxy) is 1. The van der Waals surface area contributed by atoms with Gasteiger partial charge < -0.3 is 19.8 Å². The van der Waals surface area contributed by atoms with Gasteiger partial charge in [-0.15, -0.1) is 0 Å². The lowest BCUT2D eigenvalue weighted by atomic mass is 9.93. The fourth-order valence-corrected chi connectivity index (χ4v) is 1.01. The van der Waals surface area contributed by atoms with Crippen molar-refractivity contribution in [3.63, 3.8) is 0 Å². The van der Waals surface area contributed by atoms with Gasteiger partial charge in [-0.05, 0) is 26.9 Å². The molecule has 0 spiro atoms. The van der Waals surface area contributed by atoms with Crippen LogP contribution in [0.3, 0.4) is 0 Å². The van der Waals surface area contributed by atoms with Crippen molar-refractivity contribution in [2.45, 2.75) is 20.3 Å². The molecule has 0 fully saturated rings. The van der Waals surface area contributed by atoms with Gasteiger partial charge in [0.2, 0.25) is 0 Å². The molecule has 96 valence electrons. The van der Waals surface area contributed by atoms with Gasteiger partial charge in [-0.3, -0.25) is 4.79 Å². The van der Waals surface area contributed by atoms with E-state index in [0.29, 0.717) is 6.61 Å². The molecule has 0 bridgehead atoms. The zero-order valence-electron chi connectivity index (χ0n) is 10.4. The summed E-state index contributed by atoms with van der Waals surface area (Å²) in [5, 5.41) is 17.9. The van der Waals surface area contributed by atoms with Crippen LogP contribution in [-0.4, -0.2) is 61.0 Å². The average Bonchev–Trinajstić information content (AvgIpc) is 2.32. The second kappa shape index (κ2) is 7.60. The first-order valence-electron chi connectivity index (χ1n) is 5.57. The Balaban J connectivity index is 3.81. The predicted molar refractivity (Wildman–Crippen MR) is 61.0 cm³/mol. The van der Waals surface area contributed by atoms with E-state index in [4.69, 9.17) is 14.9 Å². The van der Waals surface area contributed by atoms with Gasteiger partial charge in [-0.25, -0.2) is 0 Å². The van der Waals surface area contributed by atoms with Crippen molar-refractivity contribution in [1.82, 2.24) is 4.90 Å². The monoisotopic (exact) mass is 233 g/mol. The van der Waals surface area contributed by atoms with E-state index in [2.05, 4.69) is 11.8 Å². The Kier molecular flexibility index (Phi) is 7.29. The van der Waals surface area contributed by atoms with Gasteiger partial charge in [-0.1, -0.05) is 6.92 Å². The molecule has 0 aromatic heterocycles. The summed E-state index contributed by atoms with van der Waals surface area (Å²) >= 11 is 0. The molecule has 0 radical (unpaired) electrons. The summed E-state index contributed by atoms with van der Waals surface area (Å²) in [7, 11) is 1.99. The molecule has 0 aromatic carbocycles. The molecule has 0 rings (SSSR count). The Labute approximate surface area is 97.0 Å². The first-order valence-corrected chi connectivity index (χ1v) is 5.57. The molecule has 0 aromatic rings. The van der Waals surface area contributed by atoms with Gasteiger partial charge in [0.25, 0.3) is 0 Å². The minimum atomic E-state index is -1.18. The molecule has 0 aliphatic rings. The van der Waals surface area contributed by atoms with Gasteiger partial charge >= 0.3 is 5.97 Å². The molecule has 0 atom stereocenters. The summed E-state index contributed by atoms with van der Waals surface area (Å²) in [4.78, 5) is 13.6. The number of aliphatic hydroxyl groups is 2. The molecule has 0 aliphatic carbocycles. The molecule has 5 nitrogen and oxygen atoms in total. The average molecular weight is 233 g/mol. The van der Waals surface area contributed by atoms with E-state index < -0.39 is 24.6 Å². The zero-order chi connectivity index (χ0) is 12.6. The summed E-state index contributed by atoms with van der Waals surface area (Å²) < 4.78 is 5.00. The lowest BCUT2D eigenvalue weighted by Gasteiger charge is -2.22. The fourth-order valence-electron chi connectivity index (χ4n) is 1.01. The van der Waals surface area contributed by atoms with E-state index in [0.717, 1.165) is 19.5 Å². The Bertz CT molecular complexity index is 204. The summed E-state index contributed by atoms with van der Waals surface area (Å²) in [5.41, 5.74) is -1.18. The number of carbonyl (C=O) groups is 1. The summed E-state index contributed by atoms with van der Waals surface area (Å²) in [6.45, 7) is 4.86. The van der Waals surface area contributed by atoms with Crippen molar-refractivity contribution < 1.29 is 19.7 Å². The van der Waals surface area contributed by atoms with Gasteiger partial charge in [-0.2, -0.15) is 0 Å². The van der Waals surface area contributed by atoms with Gasteiger partial charge in [0.15, 0.2) is 0 Å². The molecule has 0 saturated carbocycles. The largest absolute Gasteiger partial charge is 0.465 e. The Morgan fingerprint density at radius 1 is 1.38 bits per heavy atom. The number of rotatable bonds is 8. The van der Waals surface area contributed by atoms with E-state index in [1.165, 1.54) is 6.92 Å². The van der Waals surface area contributed by atoms with Crippen LogP contribution >= 0.6 is 0 Å². The van der Waals surface area contributed by atoms with Crippen molar-refractivity contribution in [3.05, 3.63) is 0 Å². The van der Waals surface area contributed by atoms with Crippen LogP contribution < -0.4 is 0 Å². The lowest BCUT2D eigenvalue weighted by molar-refractivity contribution is -0.160. The number of hydrogen-bond acceptors (Lipinski definition) is 5. The molecule has 16 heavy (non-hydrogen) atoms. The second-order valence-electron chi connectivity index (χ2n) is 4.26. The maximum atomic E-state index is 11.5. The third kappa shape index (κ3) is 4.92. The Hall–Kier alpha value is -0.650. The highest BCUT2D eigenvalue weighted by Gasteiger charge is 2.33. The summed E-state index contributed by atoms with van der Waals surface area (Å²) in [6.07, 6.45) is 0.753. The maximum Gasteiger partial charge on any atom is 0.316 e. The van der Waals surface area contributed by atoms with E-state index in [9.17, 15) is 4.79 Å². The SMILES string of the molecule is CCN(C)CCCOC(=O)C(C)(CO)CO. The van der Waals surface area contributed by atoms with E-state index >= 15 is 0 Å². The van der Waals surface area contributed by atoms with Crippen LogP contribution in [0, 0.1) is 5.41 Å². The quantitative estimate of drug-likeness (QED) is 0.451. The molecule has 5 heteroatoms.